The van der Waals surface area contributed by atoms with Gasteiger partial charge in [0.15, 0.2) is 0 Å². The average molecular weight is 385 g/mol. The van der Waals surface area contributed by atoms with Crippen molar-refractivity contribution in [3.63, 3.8) is 0 Å². The number of alkyl carbamates (subject to hydrolysis) is 1. The molecule has 0 aliphatic rings. The summed E-state index contributed by atoms with van der Waals surface area (Å²) in [5.41, 5.74) is 1.95. The number of hydrogen-bond acceptors (Lipinski definition) is 3. The molecule has 0 aliphatic carbocycles. The van der Waals surface area contributed by atoms with Gasteiger partial charge in [0.25, 0.3) is 0 Å². The van der Waals surface area contributed by atoms with Crippen molar-refractivity contribution in [1.29, 1.82) is 0 Å². The normalized spacial score (nSPS) is 13.0. The third kappa shape index (κ3) is 7.84. The van der Waals surface area contributed by atoms with E-state index in [1.165, 1.54) is 11.1 Å². The SMILES string of the molecule is Cc1ccc(CNCC(NC(=O)OC(C)(C)C)C(C)C)c(Br)c1. The lowest BCUT2D eigenvalue weighted by molar-refractivity contribution is 0.0490. The second-order valence-corrected chi connectivity index (χ2v) is 8.08. The van der Waals surface area contributed by atoms with Crippen LogP contribution in [-0.4, -0.2) is 24.3 Å². The Morgan fingerprint density at radius 3 is 2.48 bits per heavy atom. The lowest BCUT2D eigenvalue weighted by atomic mass is 10.0. The molecule has 130 valence electrons. The minimum atomic E-state index is -0.480. The predicted molar refractivity (Wildman–Crippen MR) is 98.6 cm³/mol. The number of carbonyl (C=O) groups excluding carboxylic acids is 1. The molecule has 5 heteroatoms. The molecule has 1 aromatic rings. The number of halogens is 1. The van der Waals surface area contributed by atoms with Crippen LogP contribution in [-0.2, 0) is 11.3 Å². The molecule has 0 spiro atoms. The van der Waals surface area contributed by atoms with Crippen LogP contribution in [0.4, 0.5) is 4.79 Å². The minimum Gasteiger partial charge on any atom is -0.444 e. The zero-order chi connectivity index (χ0) is 17.6. The van der Waals surface area contributed by atoms with Gasteiger partial charge in [-0.2, -0.15) is 0 Å². The molecule has 0 saturated carbocycles. The highest BCUT2D eigenvalue weighted by atomic mass is 79.9. The second kappa shape index (κ2) is 8.69. The van der Waals surface area contributed by atoms with E-state index < -0.39 is 5.60 Å². The molecule has 0 bridgehead atoms. The van der Waals surface area contributed by atoms with Crippen LogP contribution in [0.5, 0.6) is 0 Å². The molecule has 1 atom stereocenters. The summed E-state index contributed by atoms with van der Waals surface area (Å²) in [5, 5.41) is 6.36. The highest BCUT2D eigenvalue weighted by Gasteiger charge is 2.21. The van der Waals surface area contributed by atoms with E-state index in [4.69, 9.17) is 4.74 Å². The van der Waals surface area contributed by atoms with Crippen LogP contribution in [0.3, 0.4) is 0 Å². The van der Waals surface area contributed by atoms with Gasteiger partial charge in [-0.3, -0.25) is 0 Å². The summed E-state index contributed by atoms with van der Waals surface area (Å²) in [4.78, 5) is 11.9. The Balaban J connectivity index is 2.52. The smallest absolute Gasteiger partial charge is 0.407 e. The van der Waals surface area contributed by atoms with Crippen molar-refractivity contribution in [1.82, 2.24) is 10.6 Å². The summed E-state index contributed by atoms with van der Waals surface area (Å²) in [6.07, 6.45) is -0.366. The van der Waals surface area contributed by atoms with Crippen molar-refractivity contribution in [3.8, 4) is 0 Å². The number of rotatable bonds is 6. The van der Waals surface area contributed by atoms with E-state index in [9.17, 15) is 4.79 Å². The van der Waals surface area contributed by atoms with Gasteiger partial charge in [0, 0.05) is 23.6 Å². The summed E-state index contributed by atoms with van der Waals surface area (Å²) < 4.78 is 6.43. The van der Waals surface area contributed by atoms with Crippen LogP contribution in [0.25, 0.3) is 0 Å². The predicted octanol–water partition coefficient (Wildman–Crippen LogP) is 4.40. The average Bonchev–Trinajstić information content (AvgIpc) is 2.37. The maximum absolute atomic E-state index is 11.9. The molecule has 4 nitrogen and oxygen atoms in total. The molecule has 0 heterocycles. The molecule has 1 unspecified atom stereocenters. The molecule has 1 amide bonds. The number of amides is 1. The largest absolute Gasteiger partial charge is 0.444 e. The van der Waals surface area contributed by atoms with Gasteiger partial charge in [0.05, 0.1) is 0 Å². The maximum Gasteiger partial charge on any atom is 0.407 e. The van der Waals surface area contributed by atoms with E-state index in [0.29, 0.717) is 12.5 Å². The van der Waals surface area contributed by atoms with Gasteiger partial charge in [-0.05, 0) is 50.8 Å². The van der Waals surface area contributed by atoms with Crippen molar-refractivity contribution in [2.75, 3.05) is 6.54 Å². The minimum absolute atomic E-state index is 0.0223. The van der Waals surface area contributed by atoms with Crippen LogP contribution in [0.2, 0.25) is 0 Å². The first-order valence-corrected chi connectivity index (χ1v) is 8.83. The first kappa shape index (κ1) is 20.0. The Hall–Kier alpha value is -1.07. The number of nitrogens with one attached hydrogen (secondary N) is 2. The van der Waals surface area contributed by atoms with Crippen molar-refractivity contribution >= 4 is 22.0 Å². The van der Waals surface area contributed by atoms with E-state index in [-0.39, 0.29) is 12.1 Å². The molecular formula is C18H29BrN2O2. The van der Waals surface area contributed by atoms with Gasteiger partial charge in [0.1, 0.15) is 5.60 Å². The van der Waals surface area contributed by atoms with Crippen molar-refractivity contribution < 1.29 is 9.53 Å². The fourth-order valence-electron chi connectivity index (χ4n) is 2.07. The molecule has 1 aromatic carbocycles. The van der Waals surface area contributed by atoms with Crippen LogP contribution in [0.15, 0.2) is 22.7 Å². The molecule has 0 fully saturated rings. The Morgan fingerprint density at radius 1 is 1.30 bits per heavy atom. The van der Waals surface area contributed by atoms with E-state index in [2.05, 4.69) is 65.5 Å². The van der Waals surface area contributed by atoms with Gasteiger partial charge in [-0.1, -0.05) is 41.9 Å². The second-order valence-electron chi connectivity index (χ2n) is 7.22. The molecule has 0 saturated heterocycles. The molecule has 0 aromatic heterocycles. The van der Waals surface area contributed by atoms with E-state index in [0.717, 1.165) is 11.0 Å². The number of carbonyl (C=O) groups is 1. The monoisotopic (exact) mass is 384 g/mol. The summed E-state index contributed by atoms with van der Waals surface area (Å²) in [6.45, 7) is 13.3. The molecule has 23 heavy (non-hydrogen) atoms. The highest BCUT2D eigenvalue weighted by Crippen LogP contribution is 2.18. The van der Waals surface area contributed by atoms with E-state index >= 15 is 0 Å². The van der Waals surface area contributed by atoms with Gasteiger partial charge < -0.3 is 15.4 Å². The third-order valence-electron chi connectivity index (χ3n) is 3.40. The van der Waals surface area contributed by atoms with Gasteiger partial charge in [0.2, 0.25) is 0 Å². The third-order valence-corrected chi connectivity index (χ3v) is 4.13. The van der Waals surface area contributed by atoms with Crippen LogP contribution >= 0.6 is 15.9 Å². The quantitative estimate of drug-likeness (QED) is 0.763. The summed E-state index contributed by atoms with van der Waals surface area (Å²) in [5.74, 6) is 0.316. The van der Waals surface area contributed by atoms with Crippen molar-refractivity contribution in [2.24, 2.45) is 5.92 Å². The zero-order valence-electron chi connectivity index (χ0n) is 15.0. The summed E-state index contributed by atoms with van der Waals surface area (Å²) in [7, 11) is 0. The van der Waals surface area contributed by atoms with Crippen molar-refractivity contribution in [3.05, 3.63) is 33.8 Å². The summed E-state index contributed by atoms with van der Waals surface area (Å²) in [6, 6.07) is 6.34. The topological polar surface area (TPSA) is 50.4 Å². The van der Waals surface area contributed by atoms with Crippen LogP contribution in [0.1, 0.15) is 45.7 Å². The van der Waals surface area contributed by atoms with E-state index in [1.807, 2.05) is 20.8 Å². The van der Waals surface area contributed by atoms with Gasteiger partial charge in [-0.15, -0.1) is 0 Å². The van der Waals surface area contributed by atoms with Crippen LogP contribution < -0.4 is 10.6 Å². The maximum atomic E-state index is 11.9. The van der Waals surface area contributed by atoms with Crippen LogP contribution in [0, 0.1) is 12.8 Å². The number of hydrogen-bond donors (Lipinski definition) is 2. The number of ether oxygens (including phenoxy) is 1. The first-order valence-electron chi connectivity index (χ1n) is 8.04. The molecule has 0 aliphatic heterocycles. The molecule has 1 rings (SSSR count). The fraction of sp³-hybridized carbons (Fsp3) is 0.611. The van der Waals surface area contributed by atoms with E-state index in [1.54, 1.807) is 0 Å². The Labute approximate surface area is 148 Å². The van der Waals surface area contributed by atoms with Gasteiger partial charge in [-0.25, -0.2) is 4.79 Å². The Bertz CT molecular complexity index is 524. The Kier molecular flexibility index (Phi) is 7.55. The summed E-state index contributed by atoms with van der Waals surface area (Å²) >= 11 is 3.59. The molecule has 0 radical (unpaired) electrons. The Morgan fingerprint density at radius 2 is 1.96 bits per heavy atom. The highest BCUT2D eigenvalue weighted by molar-refractivity contribution is 9.10. The number of benzene rings is 1. The first-order chi connectivity index (χ1) is 10.6. The van der Waals surface area contributed by atoms with Crippen molar-refractivity contribution in [2.45, 2.75) is 59.7 Å². The molecular weight excluding hydrogens is 356 g/mol. The lowest BCUT2D eigenvalue weighted by Gasteiger charge is -2.26. The zero-order valence-corrected chi connectivity index (χ0v) is 16.6. The standard InChI is InChI=1S/C18H29BrN2O2/c1-12(2)16(21-17(22)23-18(4,5)6)11-20-10-14-8-7-13(3)9-15(14)19/h7-9,12,16,20H,10-11H2,1-6H3,(H,21,22). The fourth-order valence-corrected chi connectivity index (χ4v) is 2.70. The lowest BCUT2D eigenvalue weighted by Crippen LogP contribution is -2.46. The van der Waals surface area contributed by atoms with Gasteiger partial charge >= 0.3 is 6.09 Å². The molecule has 2 N–H and O–H groups in total. The number of aryl methyl sites for hydroxylation is 1.